The highest BCUT2D eigenvalue weighted by molar-refractivity contribution is 8.18. The molecule has 0 radical (unpaired) electrons. The highest BCUT2D eigenvalue weighted by atomic mass is 32.2. The molecule has 10 nitrogen and oxygen atoms in total. The quantitative estimate of drug-likeness (QED) is 0.232. The van der Waals surface area contributed by atoms with Crippen LogP contribution in [0.2, 0.25) is 0 Å². The average Bonchev–Trinajstić information content (AvgIpc) is 3.65. The summed E-state index contributed by atoms with van der Waals surface area (Å²) in [6, 6.07) is 11.1. The van der Waals surface area contributed by atoms with Crippen LogP contribution >= 0.6 is 23.5 Å². The van der Waals surface area contributed by atoms with Gasteiger partial charge in [-0.2, -0.15) is 9.98 Å². The van der Waals surface area contributed by atoms with Crippen LogP contribution in [0, 0.1) is 0 Å². The SMILES string of the molecule is COc1cc(/C=C2\SC(N3CCCCC3)=NC2=O)ccc1OCCOc1ccc(/C=C2\SC(N3CCCCC3)=NC2=O)cc1OC. The van der Waals surface area contributed by atoms with E-state index in [2.05, 4.69) is 19.8 Å². The van der Waals surface area contributed by atoms with Gasteiger partial charge in [0.25, 0.3) is 11.8 Å². The number of amides is 2. The summed E-state index contributed by atoms with van der Waals surface area (Å²) in [4.78, 5) is 39.3. The number of thioether (sulfide) groups is 2. The van der Waals surface area contributed by atoms with Crippen molar-refractivity contribution >= 4 is 57.8 Å². The number of methoxy groups -OCH3 is 2. The third-order valence-electron chi connectivity index (χ3n) is 8.04. The molecule has 0 spiro atoms. The van der Waals surface area contributed by atoms with E-state index in [4.69, 9.17) is 18.9 Å². The lowest BCUT2D eigenvalue weighted by molar-refractivity contribution is -0.114. The van der Waals surface area contributed by atoms with Gasteiger partial charge >= 0.3 is 0 Å². The number of aliphatic imine (C=N–C) groups is 2. The third-order valence-corrected chi connectivity index (χ3v) is 10.1. The summed E-state index contributed by atoms with van der Waals surface area (Å²) >= 11 is 2.86. The van der Waals surface area contributed by atoms with E-state index in [-0.39, 0.29) is 25.0 Å². The summed E-state index contributed by atoms with van der Waals surface area (Å²) in [5.74, 6) is 1.85. The Morgan fingerprint density at radius 1 is 0.630 bits per heavy atom. The van der Waals surface area contributed by atoms with E-state index in [1.54, 1.807) is 14.2 Å². The number of nitrogens with zero attached hydrogens (tertiary/aromatic N) is 4. The summed E-state index contributed by atoms with van der Waals surface area (Å²) < 4.78 is 23.1. The highest BCUT2D eigenvalue weighted by Gasteiger charge is 2.28. The Labute approximate surface area is 277 Å². The zero-order valence-electron chi connectivity index (χ0n) is 26.2. The molecule has 4 aliphatic heterocycles. The first kappa shape index (κ1) is 32.1. The van der Waals surface area contributed by atoms with Gasteiger partial charge in [0.2, 0.25) is 0 Å². The Hall–Kier alpha value is -3.90. The molecule has 0 aromatic heterocycles. The summed E-state index contributed by atoms with van der Waals surface area (Å²) in [5, 5.41) is 1.59. The van der Waals surface area contributed by atoms with Crippen LogP contribution in [0.5, 0.6) is 23.0 Å². The maximum absolute atomic E-state index is 12.6. The zero-order valence-corrected chi connectivity index (χ0v) is 27.8. The molecule has 2 saturated heterocycles. The van der Waals surface area contributed by atoms with Gasteiger partial charge in [-0.25, -0.2) is 0 Å². The maximum atomic E-state index is 12.6. The van der Waals surface area contributed by atoms with Crippen LogP contribution in [-0.4, -0.2) is 85.6 Å². The maximum Gasteiger partial charge on any atom is 0.286 e. The van der Waals surface area contributed by atoms with Crippen molar-refractivity contribution in [2.75, 3.05) is 53.6 Å². The summed E-state index contributed by atoms with van der Waals surface area (Å²) in [6.45, 7) is 4.34. The molecule has 0 N–H and O–H groups in total. The predicted molar refractivity (Wildman–Crippen MR) is 184 cm³/mol. The second-order valence-corrected chi connectivity index (χ2v) is 13.3. The molecule has 0 saturated carbocycles. The molecule has 2 fully saturated rings. The van der Waals surface area contributed by atoms with Gasteiger partial charge < -0.3 is 28.7 Å². The van der Waals surface area contributed by atoms with Crippen molar-refractivity contribution < 1.29 is 28.5 Å². The summed E-state index contributed by atoms with van der Waals surface area (Å²) in [6.07, 6.45) is 10.7. The normalized spacial score (nSPS) is 20.3. The van der Waals surface area contributed by atoms with Crippen molar-refractivity contribution in [3.63, 3.8) is 0 Å². The minimum atomic E-state index is -0.205. The van der Waals surface area contributed by atoms with E-state index in [0.717, 1.165) is 73.3 Å². The van der Waals surface area contributed by atoms with Crippen LogP contribution < -0.4 is 18.9 Å². The smallest absolute Gasteiger partial charge is 0.286 e. The van der Waals surface area contributed by atoms with Crippen LogP contribution in [-0.2, 0) is 9.59 Å². The Bertz CT molecular complexity index is 1470. The van der Waals surface area contributed by atoms with Crippen molar-refractivity contribution in [1.29, 1.82) is 0 Å². The number of likely N-dealkylation sites (tertiary alicyclic amines) is 2. The largest absolute Gasteiger partial charge is 0.493 e. The lowest BCUT2D eigenvalue weighted by atomic mass is 10.1. The molecule has 0 atom stereocenters. The topological polar surface area (TPSA) is 102 Å². The summed E-state index contributed by atoms with van der Waals surface area (Å²) in [7, 11) is 3.17. The van der Waals surface area contributed by atoms with Gasteiger partial charge in [0.05, 0.1) is 24.0 Å². The highest BCUT2D eigenvalue weighted by Crippen LogP contribution is 2.36. The minimum Gasteiger partial charge on any atom is -0.493 e. The van der Waals surface area contributed by atoms with E-state index < -0.39 is 0 Å². The molecule has 6 rings (SSSR count). The number of hydrogen-bond donors (Lipinski definition) is 0. The Morgan fingerprint density at radius 3 is 1.43 bits per heavy atom. The van der Waals surface area contributed by atoms with Crippen LogP contribution in [0.4, 0.5) is 0 Å². The number of benzene rings is 2. The van der Waals surface area contributed by atoms with Gasteiger partial charge in [-0.15, -0.1) is 0 Å². The fourth-order valence-corrected chi connectivity index (χ4v) is 7.56. The molecule has 242 valence electrons. The predicted octanol–water partition coefficient (Wildman–Crippen LogP) is 6.07. The molecule has 46 heavy (non-hydrogen) atoms. The molecule has 4 aliphatic rings. The Kier molecular flexibility index (Phi) is 10.5. The van der Waals surface area contributed by atoms with Crippen molar-refractivity contribution in [3.8, 4) is 23.0 Å². The van der Waals surface area contributed by atoms with Crippen molar-refractivity contribution in [3.05, 3.63) is 57.3 Å². The zero-order chi connectivity index (χ0) is 31.9. The Balaban J connectivity index is 1.02. The van der Waals surface area contributed by atoms with E-state index in [1.165, 1.54) is 36.4 Å². The Morgan fingerprint density at radius 2 is 1.04 bits per heavy atom. The second kappa shape index (κ2) is 15.1. The fourth-order valence-electron chi connectivity index (χ4n) is 5.63. The molecular formula is C34H38N4O6S2. The van der Waals surface area contributed by atoms with Crippen molar-refractivity contribution in [1.82, 2.24) is 9.80 Å². The molecule has 0 bridgehead atoms. The lowest BCUT2D eigenvalue weighted by Gasteiger charge is -2.27. The van der Waals surface area contributed by atoms with E-state index in [0.29, 0.717) is 32.8 Å². The third kappa shape index (κ3) is 7.72. The van der Waals surface area contributed by atoms with E-state index in [1.807, 2.05) is 48.6 Å². The van der Waals surface area contributed by atoms with Gasteiger partial charge in [-0.3, -0.25) is 9.59 Å². The number of rotatable bonds is 9. The molecule has 4 heterocycles. The van der Waals surface area contributed by atoms with Crippen molar-refractivity contribution in [2.45, 2.75) is 38.5 Å². The average molecular weight is 663 g/mol. The lowest BCUT2D eigenvalue weighted by Crippen LogP contribution is -2.33. The second-order valence-electron chi connectivity index (χ2n) is 11.2. The van der Waals surface area contributed by atoms with Crippen molar-refractivity contribution in [2.24, 2.45) is 9.98 Å². The minimum absolute atomic E-state index is 0.205. The van der Waals surface area contributed by atoms with Crippen LogP contribution in [0.1, 0.15) is 49.7 Å². The number of hydrogen-bond acceptors (Lipinski definition) is 10. The van der Waals surface area contributed by atoms with Gasteiger partial charge in [-0.1, -0.05) is 12.1 Å². The standard InChI is InChI=1S/C34H38N4O6S2/c1-41-27-19-23(21-29-31(39)35-33(45-29)37-13-5-3-6-14-37)9-11-25(27)43-17-18-44-26-12-10-24(20-28(26)42-2)22-30-32(40)36-34(46-30)38-15-7-4-8-16-38/h9-12,19-22H,3-8,13-18H2,1-2H3/b29-21-,30-22-. The number of piperidine rings is 2. The molecule has 2 aromatic rings. The first-order chi connectivity index (χ1) is 22.5. The number of carbonyl (C=O) groups is 2. The molecule has 2 aromatic carbocycles. The molecule has 12 heteroatoms. The monoisotopic (exact) mass is 662 g/mol. The first-order valence-electron chi connectivity index (χ1n) is 15.7. The van der Waals surface area contributed by atoms with Crippen LogP contribution in [0.3, 0.4) is 0 Å². The van der Waals surface area contributed by atoms with Gasteiger partial charge in [-0.05, 0) is 110 Å². The van der Waals surface area contributed by atoms with Gasteiger partial charge in [0.1, 0.15) is 13.2 Å². The van der Waals surface area contributed by atoms with Crippen LogP contribution in [0.15, 0.2) is 56.2 Å². The number of amidine groups is 2. The molecule has 0 aliphatic carbocycles. The van der Waals surface area contributed by atoms with Gasteiger partial charge in [0.15, 0.2) is 33.3 Å². The van der Waals surface area contributed by atoms with E-state index in [9.17, 15) is 9.59 Å². The van der Waals surface area contributed by atoms with Crippen LogP contribution in [0.25, 0.3) is 12.2 Å². The molecule has 2 amide bonds. The van der Waals surface area contributed by atoms with Gasteiger partial charge in [0, 0.05) is 26.2 Å². The summed E-state index contributed by atoms with van der Waals surface area (Å²) in [5.41, 5.74) is 1.66. The number of carbonyl (C=O) groups excluding carboxylic acids is 2. The fraction of sp³-hybridized carbons (Fsp3) is 0.412. The molecule has 0 unspecified atom stereocenters. The first-order valence-corrected chi connectivity index (χ1v) is 17.3. The number of ether oxygens (including phenoxy) is 4. The van der Waals surface area contributed by atoms with E-state index >= 15 is 0 Å². The molecular weight excluding hydrogens is 625 g/mol.